The highest BCUT2D eigenvalue weighted by Gasteiger charge is 2.10. The third kappa shape index (κ3) is 5.24. The van der Waals surface area contributed by atoms with Crippen LogP contribution in [0.4, 0.5) is 4.79 Å². The second kappa shape index (κ2) is 5.56. The number of nitrogens with one attached hydrogen (secondary N) is 2. The molecule has 0 aromatic heterocycles. The minimum atomic E-state index is -3.59. The summed E-state index contributed by atoms with van der Waals surface area (Å²) in [6.07, 6.45) is 0.884. The molecule has 0 bridgehead atoms. The summed E-state index contributed by atoms with van der Waals surface area (Å²) in [5, 5.41) is 2.26. The lowest BCUT2D eigenvalue weighted by molar-refractivity contribution is 0.250. The number of thiocarbonyl (C=S) groups is 1. The molecule has 92 valence electrons. The number of amides is 2. The molecule has 0 unspecified atom stereocenters. The van der Waals surface area contributed by atoms with Gasteiger partial charge in [-0.2, -0.15) is 0 Å². The van der Waals surface area contributed by atoms with Crippen LogP contribution >= 0.6 is 28.1 Å². The van der Waals surface area contributed by atoms with Crippen LogP contribution in [0, 0.1) is 0 Å². The minimum absolute atomic E-state index is 0.152. The van der Waals surface area contributed by atoms with Crippen LogP contribution in [-0.4, -0.2) is 25.7 Å². The first-order valence-corrected chi connectivity index (χ1v) is 7.46. The molecule has 0 saturated carbocycles. The van der Waals surface area contributed by atoms with Crippen LogP contribution in [0.1, 0.15) is 5.56 Å². The molecule has 1 aromatic rings. The lowest BCUT2D eigenvalue weighted by Gasteiger charge is -2.07. The third-order valence-corrected chi connectivity index (χ3v) is 3.03. The van der Waals surface area contributed by atoms with Gasteiger partial charge in [0.25, 0.3) is 0 Å². The number of sulfonamides is 1. The van der Waals surface area contributed by atoms with Gasteiger partial charge in [0.1, 0.15) is 4.99 Å². The van der Waals surface area contributed by atoms with Crippen LogP contribution < -0.4 is 10.0 Å². The van der Waals surface area contributed by atoms with Crippen LogP contribution in [0.3, 0.4) is 0 Å². The van der Waals surface area contributed by atoms with Crippen molar-refractivity contribution >= 4 is 49.2 Å². The van der Waals surface area contributed by atoms with Crippen molar-refractivity contribution in [3.8, 4) is 0 Å². The number of carbonyl (C=O) groups excluding carboxylic acids is 1. The molecule has 1 rings (SSSR count). The van der Waals surface area contributed by atoms with Crippen LogP contribution in [-0.2, 0) is 10.0 Å². The summed E-state index contributed by atoms with van der Waals surface area (Å²) in [4.78, 5) is 11.4. The molecular weight excluding hydrogens is 328 g/mol. The fourth-order valence-electron chi connectivity index (χ4n) is 0.970. The molecule has 0 spiro atoms. The second-order valence-corrected chi connectivity index (χ2v) is 6.24. The van der Waals surface area contributed by atoms with Gasteiger partial charge in [-0.15, -0.1) is 0 Å². The first-order chi connectivity index (χ1) is 7.78. The number of rotatable bonds is 2. The standard InChI is InChI=1S/C9H9BrN2O3S2/c1-17(14,15)12-9(13)11-8(16)6-2-4-7(10)5-3-6/h2-5H,1H3,(H2,11,12,13,16). The Kier molecular flexibility index (Phi) is 4.61. The third-order valence-electron chi connectivity index (χ3n) is 1.61. The van der Waals surface area contributed by atoms with Gasteiger partial charge < -0.3 is 0 Å². The summed E-state index contributed by atoms with van der Waals surface area (Å²) in [7, 11) is -3.59. The number of carbonyl (C=O) groups is 1. The van der Waals surface area contributed by atoms with Crippen molar-refractivity contribution in [3.05, 3.63) is 34.3 Å². The van der Waals surface area contributed by atoms with Crippen LogP contribution in [0.2, 0.25) is 0 Å². The Bertz CT molecular complexity index is 540. The molecule has 0 atom stereocenters. The molecule has 17 heavy (non-hydrogen) atoms. The van der Waals surface area contributed by atoms with Gasteiger partial charge in [0.15, 0.2) is 0 Å². The average Bonchev–Trinajstić information content (AvgIpc) is 2.15. The topological polar surface area (TPSA) is 75.3 Å². The molecule has 0 radical (unpaired) electrons. The summed E-state index contributed by atoms with van der Waals surface area (Å²) < 4.78 is 24.2. The van der Waals surface area contributed by atoms with Gasteiger partial charge in [0, 0.05) is 10.0 Å². The van der Waals surface area contributed by atoms with Gasteiger partial charge in [-0.1, -0.05) is 40.3 Å². The van der Waals surface area contributed by atoms with Gasteiger partial charge in [-0.05, 0) is 12.1 Å². The lowest BCUT2D eigenvalue weighted by Crippen LogP contribution is -2.41. The molecule has 1 aromatic carbocycles. The number of halogens is 1. The molecular formula is C9H9BrN2O3S2. The van der Waals surface area contributed by atoms with E-state index in [1.165, 1.54) is 0 Å². The van der Waals surface area contributed by atoms with E-state index in [0.29, 0.717) is 5.56 Å². The van der Waals surface area contributed by atoms with Crippen molar-refractivity contribution in [3.63, 3.8) is 0 Å². The van der Waals surface area contributed by atoms with E-state index in [9.17, 15) is 13.2 Å². The Balaban J connectivity index is 2.67. The van der Waals surface area contributed by atoms with E-state index in [0.717, 1.165) is 10.7 Å². The molecule has 2 amide bonds. The summed E-state index contributed by atoms with van der Waals surface area (Å²) in [5.41, 5.74) is 0.617. The SMILES string of the molecule is CS(=O)(=O)NC(=O)NC(=S)c1ccc(Br)cc1. The van der Waals surface area contributed by atoms with Crippen LogP contribution in [0.25, 0.3) is 0 Å². The van der Waals surface area contributed by atoms with E-state index in [2.05, 4.69) is 21.2 Å². The molecule has 0 aliphatic rings. The van der Waals surface area contributed by atoms with Gasteiger partial charge in [0.2, 0.25) is 10.0 Å². The van der Waals surface area contributed by atoms with Crippen molar-refractivity contribution in [2.45, 2.75) is 0 Å². The first-order valence-electron chi connectivity index (χ1n) is 4.36. The number of benzene rings is 1. The molecule has 0 aliphatic carbocycles. The molecule has 0 fully saturated rings. The van der Waals surface area contributed by atoms with Crippen molar-refractivity contribution < 1.29 is 13.2 Å². The zero-order valence-corrected chi connectivity index (χ0v) is 11.9. The quantitative estimate of drug-likeness (QED) is 0.800. The number of urea groups is 1. The largest absolute Gasteiger partial charge is 0.333 e. The van der Waals surface area contributed by atoms with Gasteiger partial charge in [0.05, 0.1) is 6.26 Å². The van der Waals surface area contributed by atoms with Crippen molar-refractivity contribution in [2.75, 3.05) is 6.26 Å². The molecule has 0 saturated heterocycles. The van der Waals surface area contributed by atoms with Crippen LogP contribution in [0.5, 0.6) is 0 Å². The summed E-state index contributed by atoms with van der Waals surface area (Å²) in [6, 6.07) is 6.05. The highest BCUT2D eigenvalue weighted by Crippen LogP contribution is 2.10. The van der Waals surface area contributed by atoms with Crippen molar-refractivity contribution in [1.82, 2.24) is 10.0 Å². The Morgan fingerprint density at radius 3 is 2.29 bits per heavy atom. The highest BCUT2D eigenvalue weighted by atomic mass is 79.9. The van der Waals surface area contributed by atoms with Gasteiger partial charge >= 0.3 is 6.03 Å². The van der Waals surface area contributed by atoms with Crippen molar-refractivity contribution in [2.24, 2.45) is 0 Å². The van der Waals surface area contributed by atoms with Gasteiger partial charge in [-0.25, -0.2) is 17.9 Å². The fourth-order valence-corrected chi connectivity index (χ4v) is 1.85. The van der Waals surface area contributed by atoms with E-state index < -0.39 is 16.1 Å². The predicted molar refractivity (Wildman–Crippen MR) is 72.4 cm³/mol. The summed E-state index contributed by atoms with van der Waals surface area (Å²) in [5.74, 6) is 0. The van der Waals surface area contributed by atoms with E-state index >= 15 is 0 Å². The molecule has 8 heteroatoms. The molecule has 0 aliphatic heterocycles. The summed E-state index contributed by atoms with van der Waals surface area (Å²) >= 11 is 8.21. The Morgan fingerprint density at radius 2 is 1.82 bits per heavy atom. The van der Waals surface area contributed by atoms with E-state index in [1.54, 1.807) is 29.0 Å². The zero-order chi connectivity index (χ0) is 13.1. The Labute approximate surface area is 113 Å². The molecule has 2 N–H and O–H groups in total. The number of hydrogen-bond donors (Lipinski definition) is 2. The zero-order valence-electron chi connectivity index (χ0n) is 8.73. The number of hydrogen-bond acceptors (Lipinski definition) is 4. The average molecular weight is 337 g/mol. The Morgan fingerprint density at radius 1 is 1.29 bits per heavy atom. The van der Waals surface area contributed by atoms with Gasteiger partial charge in [-0.3, -0.25) is 5.32 Å². The predicted octanol–water partition coefficient (Wildman–Crippen LogP) is 1.38. The maximum absolute atomic E-state index is 11.2. The van der Waals surface area contributed by atoms with E-state index in [4.69, 9.17) is 12.2 Å². The van der Waals surface area contributed by atoms with Crippen LogP contribution in [0.15, 0.2) is 28.7 Å². The summed E-state index contributed by atoms with van der Waals surface area (Å²) in [6.45, 7) is 0. The fraction of sp³-hybridized carbons (Fsp3) is 0.111. The minimum Gasteiger partial charge on any atom is -0.297 e. The van der Waals surface area contributed by atoms with E-state index in [-0.39, 0.29) is 4.99 Å². The Hall–Kier alpha value is -0.990. The highest BCUT2D eigenvalue weighted by molar-refractivity contribution is 9.10. The molecule has 0 heterocycles. The maximum Gasteiger partial charge on any atom is 0.333 e. The second-order valence-electron chi connectivity index (χ2n) is 3.16. The van der Waals surface area contributed by atoms with Crippen molar-refractivity contribution in [1.29, 1.82) is 0 Å². The first kappa shape index (κ1) is 14.1. The van der Waals surface area contributed by atoms with E-state index in [1.807, 2.05) is 0 Å². The normalized spacial score (nSPS) is 10.7. The molecule has 5 nitrogen and oxygen atoms in total. The smallest absolute Gasteiger partial charge is 0.297 e. The lowest BCUT2D eigenvalue weighted by atomic mass is 10.2. The monoisotopic (exact) mass is 336 g/mol. The maximum atomic E-state index is 11.2.